The number of benzene rings is 1. The minimum atomic E-state index is -0.142. The molecule has 1 aromatic carbocycles. The fraction of sp³-hybridized carbons (Fsp3) is 0.316. The number of methoxy groups -OCH3 is 2. The molecule has 0 aliphatic carbocycles. The summed E-state index contributed by atoms with van der Waals surface area (Å²) in [6.45, 7) is 2.09. The summed E-state index contributed by atoms with van der Waals surface area (Å²) < 4.78 is 10.5. The van der Waals surface area contributed by atoms with E-state index in [-0.39, 0.29) is 5.91 Å². The maximum absolute atomic E-state index is 12.7. The third kappa shape index (κ3) is 4.28. The number of pyridine rings is 1. The van der Waals surface area contributed by atoms with Crippen molar-refractivity contribution in [3.63, 3.8) is 0 Å². The zero-order valence-electron chi connectivity index (χ0n) is 15.3. The number of piperazine rings is 1. The van der Waals surface area contributed by atoms with Gasteiger partial charge in [0, 0.05) is 49.8 Å². The third-order valence-corrected chi connectivity index (χ3v) is 4.40. The number of aromatic nitrogens is 1. The Morgan fingerprint density at radius 1 is 1.04 bits per heavy atom. The lowest BCUT2D eigenvalue weighted by Gasteiger charge is -2.32. The first-order valence-corrected chi connectivity index (χ1v) is 8.58. The predicted octanol–water partition coefficient (Wildman–Crippen LogP) is 1.76. The van der Waals surface area contributed by atoms with E-state index < -0.39 is 0 Å². The molecule has 1 fully saturated rings. The first kappa shape index (κ1) is 18.5. The van der Waals surface area contributed by atoms with Gasteiger partial charge in [0.2, 0.25) is 6.41 Å². The van der Waals surface area contributed by atoms with E-state index in [2.05, 4.69) is 10.3 Å². The van der Waals surface area contributed by atoms with Crippen molar-refractivity contribution in [3.8, 4) is 11.5 Å². The van der Waals surface area contributed by atoms with Gasteiger partial charge in [-0.2, -0.15) is 0 Å². The van der Waals surface area contributed by atoms with E-state index in [1.807, 2.05) is 12.1 Å². The fourth-order valence-electron chi connectivity index (χ4n) is 2.90. The van der Waals surface area contributed by atoms with Crippen LogP contribution in [0.1, 0.15) is 10.5 Å². The largest absolute Gasteiger partial charge is 0.493 e. The summed E-state index contributed by atoms with van der Waals surface area (Å²) in [4.78, 5) is 31.0. The number of carbonyl (C=O) groups excluding carboxylic acids is 2. The highest BCUT2D eigenvalue weighted by molar-refractivity contribution is 5.93. The predicted molar refractivity (Wildman–Crippen MR) is 101 cm³/mol. The molecule has 142 valence electrons. The van der Waals surface area contributed by atoms with Gasteiger partial charge < -0.3 is 24.6 Å². The monoisotopic (exact) mass is 370 g/mol. The van der Waals surface area contributed by atoms with Crippen molar-refractivity contribution in [2.45, 2.75) is 0 Å². The van der Waals surface area contributed by atoms with Crippen LogP contribution in [0.2, 0.25) is 0 Å². The second-order valence-electron chi connectivity index (χ2n) is 6.06. The lowest BCUT2D eigenvalue weighted by molar-refractivity contribution is -0.119. The minimum absolute atomic E-state index is 0.142. The Morgan fingerprint density at radius 3 is 2.41 bits per heavy atom. The lowest BCUT2D eigenvalue weighted by Crippen LogP contribution is -2.48. The van der Waals surface area contributed by atoms with Gasteiger partial charge in [-0.1, -0.05) is 0 Å². The van der Waals surface area contributed by atoms with Crippen LogP contribution in [-0.2, 0) is 4.79 Å². The van der Waals surface area contributed by atoms with Crippen LogP contribution < -0.4 is 14.8 Å². The summed E-state index contributed by atoms with van der Waals surface area (Å²) in [6, 6.07) is 8.99. The van der Waals surface area contributed by atoms with E-state index in [1.54, 1.807) is 48.4 Å². The topological polar surface area (TPSA) is 84.0 Å². The molecule has 1 saturated heterocycles. The number of anilines is 2. The van der Waals surface area contributed by atoms with Crippen LogP contribution >= 0.6 is 0 Å². The van der Waals surface area contributed by atoms with Gasteiger partial charge >= 0.3 is 0 Å². The molecule has 1 aliphatic rings. The highest BCUT2D eigenvalue weighted by atomic mass is 16.5. The summed E-state index contributed by atoms with van der Waals surface area (Å²) in [5, 5.41) is 3.24. The summed E-state index contributed by atoms with van der Waals surface area (Å²) in [5.74, 6) is 1.11. The Hall–Kier alpha value is -3.29. The average molecular weight is 370 g/mol. The van der Waals surface area contributed by atoms with Crippen LogP contribution in [0.5, 0.6) is 11.5 Å². The first-order valence-electron chi connectivity index (χ1n) is 8.58. The molecular formula is C19H22N4O4. The maximum Gasteiger partial charge on any atom is 0.272 e. The number of rotatable bonds is 6. The van der Waals surface area contributed by atoms with Crippen molar-refractivity contribution in [3.05, 3.63) is 42.2 Å². The van der Waals surface area contributed by atoms with Crippen LogP contribution in [-0.4, -0.2) is 67.5 Å². The molecule has 2 aromatic rings. The van der Waals surface area contributed by atoms with Gasteiger partial charge in [0.15, 0.2) is 11.5 Å². The number of hydrogen-bond donors (Lipinski definition) is 1. The molecule has 27 heavy (non-hydrogen) atoms. The van der Waals surface area contributed by atoms with Crippen LogP contribution in [0.4, 0.5) is 11.4 Å². The van der Waals surface area contributed by atoms with E-state index in [9.17, 15) is 9.59 Å². The van der Waals surface area contributed by atoms with Gasteiger partial charge in [0.1, 0.15) is 5.69 Å². The molecule has 3 rings (SSSR count). The SMILES string of the molecule is COc1ccc(Nc2ccnc(C(=O)N3CCN(C=O)CC3)c2)cc1OC. The molecule has 1 N–H and O–H groups in total. The molecule has 2 amide bonds. The summed E-state index contributed by atoms with van der Waals surface area (Å²) in [5.41, 5.74) is 1.91. The van der Waals surface area contributed by atoms with Crippen molar-refractivity contribution >= 4 is 23.7 Å². The molecule has 0 spiro atoms. The molecule has 8 nitrogen and oxygen atoms in total. The fourth-order valence-corrected chi connectivity index (χ4v) is 2.90. The highest BCUT2D eigenvalue weighted by Gasteiger charge is 2.22. The molecule has 1 aliphatic heterocycles. The van der Waals surface area contributed by atoms with Crippen LogP contribution in [0.25, 0.3) is 0 Å². The van der Waals surface area contributed by atoms with E-state index >= 15 is 0 Å². The summed E-state index contributed by atoms with van der Waals surface area (Å²) in [6.07, 6.45) is 2.41. The second kappa shape index (κ2) is 8.39. The number of nitrogens with zero attached hydrogens (tertiary/aromatic N) is 3. The smallest absolute Gasteiger partial charge is 0.272 e. The van der Waals surface area contributed by atoms with E-state index in [0.29, 0.717) is 43.4 Å². The average Bonchev–Trinajstić information content (AvgIpc) is 2.73. The van der Waals surface area contributed by atoms with Crippen molar-refractivity contribution in [1.29, 1.82) is 0 Å². The van der Waals surface area contributed by atoms with Gasteiger partial charge in [-0.3, -0.25) is 14.6 Å². The summed E-state index contributed by atoms with van der Waals surface area (Å²) in [7, 11) is 3.16. The lowest BCUT2D eigenvalue weighted by atomic mass is 10.2. The minimum Gasteiger partial charge on any atom is -0.493 e. The number of carbonyl (C=O) groups is 2. The molecule has 2 heterocycles. The molecule has 8 heteroatoms. The molecular weight excluding hydrogens is 348 g/mol. The van der Waals surface area contributed by atoms with Crippen molar-refractivity contribution in [2.24, 2.45) is 0 Å². The van der Waals surface area contributed by atoms with Crippen molar-refractivity contribution in [1.82, 2.24) is 14.8 Å². The van der Waals surface area contributed by atoms with Crippen molar-refractivity contribution in [2.75, 3.05) is 45.7 Å². The molecule has 0 unspecified atom stereocenters. The van der Waals surface area contributed by atoms with Crippen molar-refractivity contribution < 1.29 is 19.1 Å². The second-order valence-corrected chi connectivity index (χ2v) is 6.06. The quantitative estimate of drug-likeness (QED) is 0.780. The molecule has 0 bridgehead atoms. The Kier molecular flexibility index (Phi) is 5.75. The van der Waals surface area contributed by atoms with Gasteiger partial charge in [0.25, 0.3) is 5.91 Å². The Balaban J connectivity index is 1.72. The number of ether oxygens (including phenoxy) is 2. The van der Waals surface area contributed by atoms with Crippen LogP contribution in [0.3, 0.4) is 0 Å². The van der Waals surface area contributed by atoms with Gasteiger partial charge in [0.05, 0.1) is 14.2 Å². The van der Waals surface area contributed by atoms with E-state index in [0.717, 1.165) is 17.8 Å². The summed E-state index contributed by atoms with van der Waals surface area (Å²) >= 11 is 0. The number of hydrogen-bond acceptors (Lipinski definition) is 6. The Bertz CT molecular complexity index is 819. The first-order chi connectivity index (χ1) is 13.1. The number of nitrogens with one attached hydrogen (secondary N) is 1. The Morgan fingerprint density at radius 2 is 1.74 bits per heavy atom. The van der Waals surface area contributed by atoms with Gasteiger partial charge in [-0.25, -0.2) is 0 Å². The molecule has 0 saturated carbocycles. The molecule has 0 atom stereocenters. The standard InChI is InChI=1S/C19H22N4O4/c1-26-17-4-3-14(12-18(17)27-2)21-15-5-6-20-16(11-15)19(25)23-9-7-22(13-24)8-10-23/h3-6,11-13H,7-10H2,1-2H3,(H,20,21). The van der Waals surface area contributed by atoms with Gasteiger partial charge in [-0.15, -0.1) is 0 Å². The number of amides is 2. The van der Waals surface area contributed by atoms with E-state index in [1.165, 1.54) is 0 Å². The zero-order chi connectivity index (χ0) is 19.2. The maximum atomic E-state index is 12.7. The van der Waals surface area contributed by atoms with Crippen LogP contribution in [0.15, 0.2) is 36.5 Å². The zero-order valence-corrected chi connectivity index (χ0v) is 15.3. The van der Waals surface area contributed by atoms with Gasteiger partial charge in [-0.05, 0) is 24.3 Å². The molecule has 0 radical (unpaired) electrons. The normalized spacial score (nSPS) is 13.9. The third-order valence-electron chi connectivity index (χ3n) is 4.40. The highest BCUT2D eigenvalue weighted by Crippen LogP contribution is 2.31. The molecule has 1 aromatic heterocycles. The van der Waals surface area contributed by atoms with Crippen LogP contribution in [0, 0.1) is 0 Å². The Labute approximate surface area is 157 Å². The van der Waals surface area contributed by atoms with E-state index in [4.69, 9.17) is 9.47 Å².